The number of aliphatic hydroxyl groups is 3. The standard InChI is InChI=1S/C24H35IN2O8/c1-4-5-21(30)27(7-9-33-2)18-12-16(24(32)26-6-8-28)13-19(22(18)31)35-23-17(25)10-15(14-29)11-20(23)34-3/h10-11,13,18-19,22,28-29,31H,4-9,12,14H2,1-3H3,(H,26,32)/t18-,19+,22+/m1/s1. The van der Waals surface area contributed by atoms with Crippen LogP contribution in [0.25, 0.3) is 0 Å². The van der Waals surface area contributed by atoms with Gasteiger partial charge in [-0.15, -0.1) is 0 Å². The highest BCUT2D eigenvalue weighted by Crippen LogP contribution is 2.37. The molecule has 0 heterocycles. The Hall–Kier alpha value is -1.93. The van der Waals surface area contributed by atoms with Crippen molar-refractivity contribution in [1.82, 2.24) is 10.2 Å². The van der Waals surface area contributed by atoms with Gasteiger partial charge in [0.2, 0.25) is 11.8 Å². The number of hydrogen-bond acceptors (Lipinski definition) is 8. The molecule has 0 bridgehead atoms. The van der Waals surface area contributed by atoms with Gasteiger partial charge in [-0.05, 0) is 52.8 Å². The largest absolute Gasteiger partial charge is 0.493 e. The number of nitrogens with one attached hydrogen (secondary N) is 1. The number of benzene rings is 1. The van der Waals surface area contributed by atoms with Gasteiger partial charge in [-0.2, -0.15) is 0 Å². The summed E-state index contributed by atoms with van der Waals surface area (Å²) in [4.78, 5) is 27.3. The molecular formula is C24H35IN2O8. The number of aliphatic hydroxyl groups excluding tert-OH is 3. The Morgan fingerprint density at radius 2 is 2.00 bits per heavy atom. The van der Waals surface area contributed by atoms with Gasteiger partial charge in [0.05, 0.1) is 36.5 Å². The minimum Gasteiger partial charge on any atom is -0.493 e. The van der Waals surface area contributed by atoms with Crippen molar-refractivity contribution in [1.29, 1.82) is 0 Å². The smallest absolute Gasteiger partial charge is 0.247 e. The summed E-state index contributed by atoms with van der Waals surface area (Å²) in [7, 11) is 3.00. The number of hydrogen-bond donors (Lipinski definition) is 4. The molecule has 35 heavy (non-hydrogen) atoms. The average Bonchev–Trinajstić information content (AvgIpc) is 2.85. The van der Waals surface area contributed by atoms with Crippen LogP contribution in [0.5, 0.6) is 11.5 Å². The van der Waals surface area contributed by atoms with E-state index >= 15 is 0 Å². The van der Waals surface area contributed by atoms with Crippen molar-refractivity contribution < 1.29 is 39.1 Å². The van der Waals surface area contributed by atoms with E-state index in [1.54, 1.807) is 23.1 Å². The summed E-state index contributed by atoms with van der Waals surface area (Å²) in [5.41, 5.74) is 0.975. The summed E-state index contributed by atoms with van der Waals surface area (Å²) >= 11 is 2.05. The number of amides is 2. The molecule has 1 aromatic rings. The number of carbonyl (C=O) groups excluding carboxylic acids is 2. The molecule has 2 rings (SSSR count). The molecule has 0 aliphatic heterocycles. The highest BCUT2D eigenvalue weighted by atomic mass is 127. The van der Waals surface area contributed by atoms with E-state index in [1.807, 2.05) is 6.92 Å². The van der Waals surface area contributed by atoms with Crippen molar-refractivity contribution in [2.24, 2.45) is 0 Å². The summed E-state index contributed by atoms with van der Waals surface area (Å²) in [6, 6.07) is 2.65. The van der Waals surface area contributed by atoms with Gasteiger partial charge in [0.15, 0.2) is 11.5 Å². The van der Waals surface area contributed by atoms with E-state index in [4.69, 9.17) is 19.3 Å². The van der Waals surface area contributed by atoms with Gasteiger partial charge < -0.3 is 39.7 Å². The van der Waals surface area contributed by atoms with Crippen LogP contribution < -0.4 is 14.8 Å². The molecule has 196 valence electrons. The molecule has 1 aromatic carbocycles. The van der Waals surface area contributed by atoms with E-state index in [9.17, 15) is 19.8 Å². The number of rotatable bonds is 13. The van der Waals surface area contributed by atoms with Crippen molar-refractivity contribution in [2.75, 3.05) is 40.5 Å². The van der Waals surface area contributed by atoms with Crippen molar-refractivity contribution in [3.8, 4) is 11.5 Å². The van der Waals surface area contributed by atoms with Gasteiger partial charge in [0.25, 0.3) is 0 Å². The highest BCUT2D eigenvalue weighted by molar-refractivity contribution is 14.1. The van der Waals surface area contributed by atoms with Gasteiger partial charge in [0.1, 0.15) is 12.2 Å². The number of nitrogens with zero attached hydrogens (tertiary/aromatic N) is 1. The average molecular weight is 606 g/mol. The lowest BCUT2D eigenvalue weighted by molar-refractivity contribution is -0.139. The van der Waals surface area contributed by atoms with E-state index in [0.717, 1.165) is 0 Å². The van der Waals surface area contributed by atoms with Crippen LogP contribution in [0.1, 0.15) is 31.7 Å². The molecule has 0 saturated carbocycles. The number of methoxy groups -OCH3 is 2. The normalized spacial score (nSPS) is 19.6. The lowest BCUT2D eigenvalue weighted by Crippen LogP contribution is -2.55. The van der Waals surface area contributed by atoms with E-state index in [2.05, 4.69) is 27.9 Å². The zero-order valence-corrected chi connectivity index (χ0v) is 22.5. The second-order valence-electron chi connectivity index (χ2n) is 8.11. The second kappa shape index (κ2) is 14.6. The van der Waals surface area contributed by atoms with Crippen LogP contribution in [0, 0.1) is 3.57 Å². The van der Waals surface area contributed by atoms with Crippen LogP contribution >= 0.6 is 22.6 Å². The maximum Gasteiger partial charge on any atom is 0.247 e. The predicted octanol–water partition coefficient (Wildman–Crippen LogP) is 0.983. The maximum atomic E-state index is 13.0. The summed E-state index contributed by atoms with van der Waals surface area (Å²) in [5.74, 6) is 0.165. The Morgan fingerprint density at radius 3 is 2.60 bits per heavy atom. The molecule has 10 nitrogen and oxygen atoms in total. The Morgan fingerprint density at radius 1 is 1.26 bits per heavy atom. The highest BCUT2D eigenvalue weighted by Gasteiger charge is 2.40. The minimum absolute atomic E-state index is 0.0748. The Labute approximate surface area is 219 Å². The van der Waals surface area contributed by atoms with Crippen LogP contribution in [0.3, 0.4) is 0 Å². The zero-order valence-electron chi connectivity index (χ0n) is 20.3. The fraction of sp³-hybridized carbons (Fsp3) is 0.583. The SMILES string of the molecule is CCCC(=O)N(CCOC)[C@@H]1CC(C(=O)NCCO)=C[C@H](Oc2c(I)cc(CO)cc2OC)[C@H]1O. The van der Waals surface area contributed by atoms with Gasteiger partial charge in [-0.3, -0.25) is 9.59 Å². The van der Waals surface area contributed by atoms with E-state index in [-0.39, 0.29) is 45.2 Å². The van der Waals surface area contributed by atoms with Gasteiger partial charge >= 0.3 is 0 Å². The first-order chi connectivity index (χ1) is 16.8. The fourth-order valence-corrected chi connectivity index (χ4v) is 4.71. The maximum absolute atomic E-state index is 13.0. The topological polar surface area (TPSA) is 138 Å². The molecule has 0 aromatic heterocycles. The quantitative estimate of drug-likeness (QED) is 0.244. The first kappa shape index (κ1) is 29.3. The van der Waals surface area contributed by atoms with Gasteiger partial charge in [0, 0.05) is 38.6 Å². The lowest BCUT2D eigenvalue weighted by Gasteiger charge is -2.40. The Kier molecular flexibility index (Phi) is 12.2. The molecule has 0 radical (unpaired) electrons. The number of carbonyl (C=O) groups is 2. The molecule has 11 heteroatoms. The monoisotopic (exact) mass is 606 g/mol. The molecule has 0 unspecified atom stereocenters. The summed E-state index contributed by atoms with van der Waals surface area (Å²) in [5, 5.41) is 32.6. The predicted molar refractivity (Wildman–Crippen MR) is 137 cm³/mol. The molecule has 0 spiro atoms. The van der Waals surface area contributed by atoms with E-state index < -0.39 is 24.2 Å². The molecule has 1 aliphatic rings. The minimum atomic E-state index is -1.14. The molecule has 2 amide bonds. The Bertz CT molecular complexity index is 895. The zero-order chi connectivity index (χ0) is 26.0. The molecule has 1 aliphatic carbocycles. The van der Waals surface area contributed by atoms with Crippen molar-refractivity contribution in [3.63, 3.8) is 0 Å². The van der Waals surface area contributed by atoms with Crippen molar-refractivity contribution >= 4 is 34.4 Å². The summed E-state index contributed by atoms with van der Waals surface area (Å²) in [6.45, 7) is 2.10. The number of halogens is 1. The Balaban J connectivity index is 2.47. The third-order valence-electron chi connectivity index (χ3n) is 5.66. The third-order valence-corrected chi connectivity index (χ3v) is 6.46. The summed E-state index contributed by atoms with van der Waals surface area (Å²) in [6.07, 6.45) is 0.488. The third kappa shape index (κ3) is 7.78. The lowest BCUT2D eigenvalue weighted by atomic mass is 9.88. The van der Waals surface area contributed by atoms with E-state index in [1.165, 1.54) is 14.2 Å². The van der Waals surface area contributed by atoms with Crippen molar-refractivity contribution in [2.45, 2.75) is 51.0 Å². The molecule has 3 atom stereocenters. The number of ether oxygens (including phenoxy) is 3. The van der Waals surface area contributed by atoms with Crippen LogP contribution in [-0.4, -0.2) is 90.8 Å². The first-order valence-corrected chi connectivity index (χ1v) is 12.6. The fourth-order valence-electron chi connectivity index (χ4n) is 3.92. The summed E-state index contributed by atoms with van der Waals surface area (Å²) < 4.78 is 17.5. The molecule has 0 saturated heterocycles. The van der Waals surface area contributed by atoms with Crippen LogP contribution in [0.15, 0.2) is 23.8 Å². The van der Waals surface area contributed by atoms with Crippen LogP contribution in [0.4, 0.5) is 0 Å². The second-order valence-corrected chi connectivity index (χ2v) is 9.28. The van der Waals surface area contributed by atoms with Gasteiger partial charge in [-0.1, -0.05) is 6.92 Å². The molecule has 0 fully saturated rings. The first-order valence-electron chi connectivity index (χ1n) is 11.5. The van der Waals surface area contributed by atoms with Crippen LogP contribution in [0.2, 0.25) is 0 Å². The van der Waals surface area contributed by atoms with Crippen molar-refractivity contribution in [3.05, 3.63) is 32.9 Å². The molecular weight excluding hydrogens is 571 g/mol. The van der Waals surface area contributed by atoms with Crippen LogP contribution in [-0.2, 0) is 20.9 Å². The molecule has 4 N–H and O–H groups in total. The van der Waals surface area contributed by atoms with E-state index in [0.29, 0.717) is 39.0 Å². The van der Waals surface area contributed by atoms with Gasteiger partial charge in [-0.25, -0.2) is 0 Å².